The maximum absolute atomic E-state index is 12.9. The molecule has 1 amide bonds. The summed E-state index contributed by atoms with van der Waals surface area (Å²) in [7, 11) is 7.20. The molecule has 154 valence electrons. The summed E-state index contributed by atoms with van der Waals surface area (Å²) in [5.41, 5.74) is 2.84. The Balaban J connectivity index is 1.78. The molecule has 8 heteroatoms. The van der Waals surface area contributed by atoms with E-state index in [9.17, 15) is 9.90 Å². The van der Waals surface area contributed by atoms with Gasteiger partial charge in [-0.3, -0.25) is 4.79 Å². The molecule has 30 heavy (non-hydrogen) atoms. The number of benzene rings is 3. The van der Waals surface area contributed by atoms with Gasteiger partial charge in [0.05, 0.1) is 34.6 Å². The summed E-state index contributed by atoms with van der Waals surface area (Å²) in [6.45, 7) is 0. The van der Waals surface area contributed by atoms with E-state index in [0.29, 0.717) is 22.2 Å². The van der Waals surface area contributed by atoms with Gasteiger partial charge in [0.25, 0.3) is 5.91 Å². The fraction of sp³-hybridized carbons (Fsp3) is 0.182. The van der Waals surface area contributed by atoms with E-state index >= 15 is 0 Å². The molecule has 3 aromatic rings. The number of aromatic hydroxyl groups is 1. The summed E-state index contributed by atoms with van der Waals surface area (Å²) in [6, 6.07) is 14.9. The average molecular weight is 423 g/mol. The summed E-state index contributed by atoms with van der Waals surface area (Å²) >= 11 is 1.07. The van der Waals surface area contributed by atoms with Crippen molar-refractivity contribution in [2.45, 2.75) is 4.90 Å². The normalized spacial score (nSPS) is 13.1. The molecule has 0 saturated carbocycles. The lowest BCUT2D eigenvalue weighted by molar-refractivity contribution is -0.340. The highest BCUT2D eigenvalue weighted by molar-refractivity contribution is 7.94. The van der Waals surface area contributed by atoms with E-state index in [0.717, 1.165) is 33.6 Å². The van der Waals surface area contributed by atoms with Crippen LogP contribution in [0.4, 0.5) is 5.69 Å². The zero-order valence-electron chi connectivity index (χ0n) is 17.0. The quantitative estimate of drug-likeness (QED) is 0.364. The number of anilines is 1. The molecule has 1 heterocycles. The molecule has 0 aliphatic carbocycles. The number of phenolic OH excluding ortho intramolecular Hbond substituents is 1. The Labute approximate surface area is 178 Å². The summed E-state index contributed by atoms with van der Waals surface area (Å²) in [5, 5.41) is 14.0. The molecule has 0 atom stereocenters. The first kappa shape index (κ1) is 20.4. The van der Waals surface area contributed by atoms with Gasteiger partial charge in [-0.1, -0.05) is 36.4 Å². The lowest BCUT2D eigenvalue weighted by atomic mass is 9.92. The van der Waals surface area contributed by atoms with Gasteiger partial charge in [-0.05, 0) is 12.1 Å². The molecule has 1 N–H and O–H groups in total. The Kier molecular flexibility index (Phi) is 5.48. The van der Waals surface area contributed by atoms with Crippen LogP contribution in [0.2, 0.25) is 0 Å². The van der Waals surface area contributed by atoms with Crippen molar-refractivity contribution in [2.24, 2.45) is 4.99 Å². The predicted molar refractivity (Wildman–Crippen MR) is 118 cm³/mol. The van der Waals surface area contributed by atoms with Gasteiger partial charge in [0.2, 0.25) is 0 Å². The summed E-state index contributed by atoms with van der Waals surface area (Å²) in [6.07, 6.45) is 0. The number of fused-ring (bicyclic) bond motifs is 2. The summed E-state index contributed by atoms with van der Waals surface area (Å²) in [4.78, 5) is 24.8. The molecular weight excluding hydrogens is 402 g/mol. The van der Waals surface area contributed by atoms with Gasteiger partial charge < -0.3 is 10.0 Å². The first-order chi connectivity index (χ1) is 14.4. The van der Waals surface area contributed by atoms with Crippen molar-refractivity contribution >= 4 is 40.1 Å². The Morgan fingerprint density at radius 2 is 1.60 bits per heavy atom. The number of phenols is 1. The van der Waals surface area contributed by atoms with E-state index in [1.807, 2.05) is 67.5 Å². The first-order valence-electron chi connectivity index (χ1n) is 9.26. The summed E-state index contributed by atoms with van der Waals surface area (Å²) in [5.74, 6) is -0.289. The van der Waals surface area contributed by atoms with Gasteiger partial charge in [0, 0.05) is 49.4 Å². The Hall–Kier alpha value is -2.91. The second-order valence-corrected chi connectivity index (χ2v) is 7.99. The second kappa shape index (κ2) is 8.08. The Morgan fingerprint density at radius 1 is 0.933 bits per heavy atom. The van der Waals surface area contributed by atoms with E-state index in [1.165, 1.54) is 5.06 Å². The lowest BCUT2D eigenvalue weighted by Gasteiger charge is -2.20. The maximum atomic E-state index is 12.9. The van der Waals surface area contributed by atoms with Crippen LogP contribution in [0.25, 0.3) is 10.8 Å². The number of nitrogens with zero attached hydrogens (tertiary/aromatic N) is 3. The van der Waals surface area contributed by atoms with E-state index in [4.69, 9.17) is 9.32 Å². The highest BCUT2D eigenvalue weighted by atomic mass is 32.2. The number of hydrogen-bond acceptors (Lipinski definition) is 7. The number of amides is 1. The van der Waals surface area contributed by atoms with Crippen LogP contribution in [0.3, 0.4) is 0 Å². The van der Waals surface area contributed by atoms with E-state index in [-0.39, 0.29) is 11.7 Å². The molecule has 4 rings (SSSR count). The number of rotatable bonds is 6. The van der Waals surface area contributed by atoms with Crippen molar-refractivity contribution in [2.75, 3.05) is 33.1 Å². The molecule has 3 aromatic carbocycles. The van der Waals surface area contributed by atoms with Gasteiger partial charge in [-0.2, -0.15) is 5.06 Å². The van der Waals surface area contributed by atoms with Crippen LogP contribution in [0, 0.1) is 0 Å². The first-order valence-corrected chi connectivity index (χ1v) is 10.00. The van der Waals surface area contributed by atoms with Crippen LogP contribution in [-0.4, -0.2) is 50.0 Å². The fourth-order valence-electron chi connectivity index (χ4n) is 3.51. The van der Waals surface area contributed by atoms with Gasteiger partial charge >= 0.3 is 0 Å². The van der Waals surface area contributed by atoms with Crippen molar-refractivity contribution in [3.8, 4) is 5.75 Å². The third kappa shape index (κ3) is 3.54. The minimum Gasteiger partial charge on any atom is -0.507 e. The molecule has 1 aliphatic rings. The van der Waals surface area contributed by atoms with Gasteiger partial charge in [-0.25, -0.2) is 4.99 Å². The van der Waals surface area contributed by atoms with Crippen molar-refractivity contribution in [3.63, 3.8) is 0 Å². The molecule has 1 aliphatic heterocycles. The van der Waals surface area contributed by atoms with Crippen molar-refractivity contribution in [1.82, 2.24) is 5.06 Å². The van der Waals surface area contributed by atoms with Gasteiger partial charge in [-0.15, -0.1) is 9.32 Å². The number of carbonyl (C=O) groups excluding carboxylic acids is 1. The molecule has 0 fully saturated rings. The topological polar surface area (TPSA) is 74.6 Å². The smallest absolute Gasteiger partial charge is 0.280 e. The number of hydroxylamine groups is 2. The molecule has 0 radical (unpaired) electrons. The largest absolute Gasteiger partial charge is 0.507 e. The predicted octanol–water partition coefficient (Wildman–Crippen LogP) is 4.03. The third-order valence-electron chi connectivity index (χ3n) is 4.71. The number of hydrogen-bond donors (Lipinski definition) is 1. The number of carbonyl (C=O) groups is 1. The molecule has 0 bridgehead atoms. The van der Waals surface area contributed by atoms with Crippen LogP contribution in [0.15, 0.2) is 58.4 Å². The molecule has 7 nitrogen and oxygen atoms in total. The average Bonchev–Trinajstić information content (AvgIpc) is 3.06. The minimum atomic E-state index is -0.356. The van der Waals surface area contributed by atoms with E-state index in [2.05, 4.69) is 4.99 Å². The van der Waals surface area contributed by atoms with Crippen LogP contribution < -0.4 is 4.90 Å². The maximum Gasteiger partial charge on any atom is 0.280 e. The zero-order valence-corrected chi connectivity index (χ0v) is 17.9. The Morgan fingerprint density at radius 3 is 2.23 bits per heavy atom. The standard InChI is InChI=1S/C22H21N3O4S/c1-24(2)20-15-7-5-6-8-16(15)21(26)17-18(20)22(27)23-19(17)13-9-11-14(12-10-13)30-29-28-25(3)4/h5-12,26H,1-4H3. The SMILES string of the molecule is CN(C)OOSc1ccc(C2=NC(=O)c3c2c(O)c2ccccc2c3N(C)C)cc1. The van der Waals surface area contributed by atoms with E-state index in [1.54, 1.807) is 14.1 Å². The van der Waals surface area contributed by atoms with Crippen molar-refractivity contribution in [1.29, 1.82) is 0 Å². The van der Waals surface area contributed by atoms with Crippen LogP contribution >= 0.6 is 12.0 Å². The monoisotopic (exact) mass is 423 g/mol. The third-order valence-corrected chi connectivity index (χ3v) is 5.30. The minimum absolute atomic E-state index is 0.0666. The van der Waals surface area contributed by atoms with E-state index < -0.39 is 0 Å². The van der Waals surface area contributed by atoms with Crippen molar-refractivity contribution in [3.05, 3.63) is 65.2 Å². The second-order valence-electron chi connectivity index (χ2n) is 7.22. The number of aliphatic imine (C=N–C) groups is 1. The van der Waals surface area contributed by atoms with Gasteiger partial charge in [0.1, 0.15) is 5.75 Å². The highest BCUT2D eigenvalue weighted by Gasteiger charge is 2.33. The molecule has 0 aromatic heterocycles. The van der Waals surface area contributed by atoms with Crippen molar-refractivity contribution < 1.29 is 19.2 Å². The lowest BCUT2D eigenvalue weighted by Crippen LogP contribution is -2.14. The Bertz CT molecular complexity index is 1160. The van der Waals surface area contributed by atoms with Crippen LogP contribution in [0.5, 0.6) is 5.75 Å². The molecule has 0 unspecified atom stereocenters. The van der Waals surface area contributed by atoms with Crippen LogP contribution in [0.1, 0.15) is 21.5 Å². The summed E-state index contributed by atoms with van der Waals surface area (Å²) < 4.78 is 5.04. The molecular formula is C22H21N3O4S. The fourth-order valence-corrected chi connectivity index (χ4v) is 3.99. The molecule has 0 spiro atoms. The highest BCUT2D eigenvalue weighted by Crippen LogP contribution is 2.44. The van der Waals surface area contributed by atoms with Crippen LogP contribution in [-0.2, 0) is 9.32 Å². The zero-order chi connectivity index (χ0) is 21.4. The molecule has 0 saturated heterocycles. The van der Waals surface area contributed by atoms with Gasteiger partial charge in [0.15, 0.2) is 0 Å².